The Hall–Kier alpha value is -3.94. The largest absolute Gasteiger partial charge is 0.486 e. The van der Waals surface area contributed by atoms with Gasteiger partial charge in [-0.05, 0) is 61.9 Å². The highest BCUT2D eigenvalue weighted by atomic mass is 35.5. The Balaban J connectivity index is 1.85. The third-order valence-corrected chi connectivity index (χ3v) is 6.78. The van der Waals surface area contributed by atoms with Crippen LogP contribution in [-0.2, 0) is 9.63 Å². The van der Waals surface area contributed by atoms with Gasteiger partial charge >= 0.3 is 6.03 Å². The smallest absolute Gasteiger partial charge is 0.430 e. The van der Waals surface area contributed by atoms with Crippen LogP contribution in [0.25, 0.3) is 0 Å². The number of likely N-dealkylation sites (N-methyl/N-ethyl adjacent to an activating group) is 1. The number of hydrogen-bond donors (Lipinski definition) is 2. The molecular weight excluding hydrogens is 530 g/mol. The van der Waals surface area contributed by atoms with Gasteiger partial charge in [-0.2, -0.15) is 5.26 Å². The number of nitrogens with zero attached hydrogens (tertiary/aromatic N) is 3. The van der Waals surface area contributed by atoms with Crippen molar-refractivity contribution >= 4 is 23.5 Å². The van der Waals surface area contributed by atoms with Crippen molar-refractivity contribution < 1.29 is 23.6 Å². The molecule has 2 aliphatic rings. The predicted molar refractivity (Wildman–Crippen MR) is 154 cm³/mol. The molecule has 2 aliphatic heterocycles. The van der Waals surface area contributed by atoms with Crippen LogP contribution in [0.5, 0.6) is 5.75 Å². The predicted octanol–water partition coefficient (Wildman–Crippen LogP) is 4.91. The van der Waals surface area contributed by atoms with E-state index in [-0.39, 0.29) is 29.6 Å². The molecule has 10 heteroatoms. The number of amides is 3. The Kier molecular flexibility index (Phi) is 10.6. The average Bonchev–Trinajstić information content (AvgIpc) is 3.13. The van der Waals surface area contributed by atoms with Crippen molar-refractivity contribution in [3.8, 4) is 11.8 Å². The lowest BCUT2D eigenvalue weighted by Crippen LogP contribution is -2.59. The first-order valence-electron chi connectivity index (χ1n) is 12.8. The van der Waals surface area contributed by atoms with Crippen LogP contribution in [0.4, 0.5) is 4.79 Å². The molecule has 0 saturated carbocycles. The molecule has 1 aromatic carbocycles. The van der Waals surface area contributed by atoms with E-state index in [0.29, 0.717) is 52.5 Å². The number of hydrogen-bond acceptors (Lipinski definition) is 7. The molecule has 0 aromatic heterocycles. The Morgan fingerprint density at radius 1 is 1.27 bits per heavy atom. The number of carbonyl (C=O) groups is 2. The summed E-state index contributed by atoms with van der Waals surface area (Å²) in [4.78, 5) is 32.4. The molecule has 3 N–H and O–H groups in total. The number of imide groups is 1. The standard InChI is InChI=1S/C30H35ClN5O4/c1-21(28-22(2)29(37)35(17-6-18-39-33)30(38)36(28,3)4)19-27(40-26-13-9-23(20-32)10-14-26)8-5-7-25-12-11-24(31)15-16-34-25/h5,8-16,27,34H,1,6-7,17-19,33H2,2-4H3/q+1. The highest BCUT2D eigenvalue weighted by Crippen LogP contribution is 2.34. The van der Waals surface area contributed by atoms with E-state index in [0.717, 1.165) is 5.70 Å². The zero-order chi connectivity index (χ0) is 29.3. The van der Waals surface area contributed by atoms with Crippen molar-refractivity contribution in [3.63, 3.8) is 0 Å². The van der Waals surface area contributed by atoms with E-state index in [2.05, 4.69) is 22.8 Å². The number of ether oxygens (including phenoxy) is 1. The molecule has 0 bridgehead atoms. The van der Waals surface area contributed by atoms with Crippen LogP contribution in [0.2, 0.25) is 0 Å². The maximum Gasteiger partial charge on any atom is 0.430 e. The molecule has 0 aliphatic carbocycles. The summed E-state index contributed by atoms with van der Waals surface area (Å²) >= 11 is 6.06. The highest BCUT2D eigenvalue weighted by molar-refractivity contribution is 6.31. The van der Waals surface area contributed by atoms with Crippen molar-refractivity contribution in [2.45, 2.75) is 32.3 Å². The van der Waals surface area contributed by atoms with Gasteiger partial charge in [-0.1, -0.05) is 24.3 Å². The number of allylic oxidation sites excluding steroid dienone is 6. The van der Waals surface area contributed by atoms with Gasteiger partial charge in [0.05, 0.1) is 37.9 Å². The molecule has 40 heavy (non-hydrogen) atoms. The van der Waals surface area contributed by atoms with E-state index in [1.165, 1.54) is 4.90 Å². The van der Waals surface area contributed by atoms with Gasteiger partial charge in [0.15, 0.2) is 5.70 Å². The second kappa shape index (κ2) is 13.9. The maximum atomic E-state index is 13.4. The number of nitriles is 1. The molecular formula is C30H35ClN5O4+. The number of urea groups is 1. The Labute approximate surface area is 240 Å². The van der Waals surface area contributed by atoms with E-state index >= 15 is 0 Å². The third kappa shape index (κ3) is 7.58. The minimum Gasteiger partial charge on any atom is -0.486 e. The van der Waals surface area contributed by atoms with Gasteiger partial charge in [-0.25, -0.2) is 20.1 Å². The summed E-state index contributed by atoms with van der Waals surface area (Å²) in [5.41, 5.74) is 3.09. The lowest BCUT2D eigenvalue weighted by atomic mass is 9.97. The number of rotatable bonds is 12. The minimum atomic E-state index is -0.466. The fourth-order valence-electron chi connectivity index (χ4n) is 4.63. The zero-order valence-electron chi connectivity index (χ0n) is 23.0. The first-order valence-corrected chi connectivity index (χ1v) is 13.2. The lowest BCUT2D eigenvalue weighted by Gasteiger charge is -2.39. The summed E-state index contributed by atoms with van der Waals surface area (Å²) in [5.74, 6) is 5.32. The zero-order valence-corrected chi connectivity index (χ0v) is 23.8. The Morgan fingerprint density at radius 3 is 2.67 bits per heavy atom. The molecule has 2 heterocycles. The highest BCUT2D eigenvalue weighted by Gasteiger charge is 2.47. The Morgan fingerprint density at radius 2 is 2.00 bits per heavy atom. The van der Waals surface area contributed by atoms with E-state index in [1.54, 1.807) is 57.6 Å². The SMILES string of the molecule is C=C(CC(C=CCC1=CC=C(Cl)C=CN1)Oc1ccc(C#N)cc1)C1=C(C)C(=O)N(CCCON)C(=O)[N+]1(C)C. The maximum absolute atomic E-state index is 13.4. The molecule has 0 radical (unpaired) electrons. The monoisotopic (exact) mass is 564 g/mol. The topological polar surface area (TPSA) is 118 Å². The number of nitrogens with one attached hydrogen (secondary N) is 1. The molecule has 0 spiro atoms. The molecule has 1 aromatic rings. The fraction of sp³-hybridized carbons (Fsp3) is 0.300. The first-order chi connectivity index (χ1) is 19.1. The van der Waals surface area contributed by atoms with Gasteiger partial charge < -0.3 is 14.9 Å². The summed E-state index contributed by atoms with van der Waals surface area (Å²) in [6.07, 6.45) is 12.0. The van der Waals surface area contributed by atoms with E-state index < -0.39 is 6.10 Å². The normalized spacial score (nSPS) is 17.6. The molecule has 3 rings (SSSR count). The Bertz CT molecular complexity index is 1330. The van der Waals surface area contributed by atoms with Crippen molar-refractivity contribution in [2.24, 2.45) is 5.90 Å². The van der Waals surface area contributed by atoms with Gasteiger partial charge in [-0.3, -0.25) is 4.79 Å². The molecule has 3 amide bonds. The minimum absolute atomic E-state index is 0.163. The van der Waals surface area contributed by atoms with Crippen molar-refractivity contribution in [1.29, 1.82) is 5.26 Å². The van der Waals surface area contributed by atoms with E-state index in [1.807, 2.05) is 24.3 Å². The summed E-state index contributed by atoms with van der Waals surface area (Å²) in [6.45, 7) is 6.43. The molecule has 0 fully saturated rings. The molecule has 1 unspecified atom stereocenters. The van der Waals surface area contributed by atoms with Crippen LogP contribution in [0, 0.1) is 11.3 Å². The summed E-state index contributed by atoms with van der Waals surface area (Å²) in [7, 11) is 3.49. The molecule has 210 valence electrons. The molecule has 9 nitrogen and oxygen atoms in total. The first kappa shape index (κ1) is 30.6. The van der Waals surface area contributed by atoms with Crippen molar-refractivity contribution in [2.75, 3.05) is 27.2 Å². The summed E-state index contributed by atoms with van der Waals surface area (Å²) in [6, 6.07) is 8.58. The van der Waals surface area contributed by atoms with E-state index in [9.17, 15) is 9.59 Å². The van der Waals surface area contributed by atoms with Crippen LogP contribution < -0.4 is 16.0 Å². The number of quaternary nitrogens is 1. The van der Waals surface area contributed by atoms with Crippen molar-refractivity contribution in [3.05, 3.63) is 101 Å². The van der Waals surface area contributed by atoms with Crippen LogP contribution in [0.3, 0.4) is 0 Å². The fourth-order valence-corrected chi connectivity index (χ4v) is 4.75. The second-order valence-electron chi connectivity index (χ2n) is 9.84. The number of halogens is 1. The number of nitrogens with two attached hydrogens (primary N) is 1. The van der Waals surface area contributed by atoms with Crippen LogP contribution in [-0.4, -0.2) is 54.7 Å². The van der Waals surface area contributed by atoms with Gasteiger partial charge in [0.2, 0.25) is 0 Å². The quantitative estimate of drug-likeness (QED) is 0.160. The van der Waals surface area contributed by atoms with Crippen LogP contribution >= 0.6 is 11.6 Å². The van der Waals surface area contributed by atoms with Gasteiger partial charge in [-0.15, -0.1) is 0 Å². The van der Waals surface area contributed by atoms with Gasteiger partial charge in [0.25, 0.3) is 5.91 Å². The van der Waals surface area contributed by atoms with Crippen LogP contribution in [0.1, 0.15) is 31.7 Å². The summed E-state index contributed by atoms with van der Waals surface area (Å²) < 4.78 is 6.11. The van der Waals surface area contributed by atoms with Gasteiger partial charge in [0, 0.05) is 41.9 Å². The number of carbonyl (C=O) groups excluding carboxylic acids is 2. The van der Waals surface area contributed by atoms with Crippen LogP contribution in [0.15, 0.2) is 95.0 Å². The van der Waals surface area contributed by atoms with Gasteiger partial charge in [0.1, 0.15) is 11.9 Å². The summed E-state index contributed by atoms with van der Waals surface area (Å²) in [5, 5.41) is 12.9. The van der Waals surface area contributed by atoms with E-state index in [4.69, 9.17) is 27.5 Å². The third-order valence-electron chi connectivity index (χ3n) is 6.53. The molecule has 1 atom stereocenters. The second-order valence-corrected chi connectivity index (χ2v) is 10.3. The van der Waals surface area contributed by atoms with Crippen molar-refractivity contribution in [1.82, 2.24) is 10.2 Å². The average molecular weight is 565 g/mol. The number of benzene rings is 1. The lowest BCUT2D eigenvalue weighted by molar-refractivity contribution is -0.771. The molecule has 0 saturated heterocycles.